The van der Waals surface area contributed by atoms with Crippen molar-refractivity contribution in [3.8, 4) is 0 Å². The summed E-state index contributed by atoms with van der Waals surface area (Å²) in [7, 11) is 0. The van der Waals surface area contributed by atoms with E-state index in [-0.39, 0.29) is 18.5 Å². The van der Waals surface area contributed by atoms with Crippen molar-refractivity contribution in [2.24, 2.45) is 0 Å². The quantitative estimate of drug-likeness (QED) is 0.583. The second-order valence-electron chi connectivity index (χ2n) is 6.20. The molecule has 1 atom stereocenters. The third-order valence-electron chi connectivity index (χ3n) is 3.98. The highest BCUT2D eigenvalue weighted by Gasteiger charge is 2.34. The molecule has 0 aliphatic rings. The largest absolute Gasteiger partial charge is 0.407 e. The number of benzene rings is 2. The molecule has 142 valence electrons. The number of nitrogens with zero attached hydrogens (tertiary/aromatic N) is 1. The molecule has 0 radical (unpaired) electrons. The standard InChI is InChI=1S/C19H16F4N2O2/c1-18(27,10-9-12-3-5-13(20)6-4-12)17(26)25-14-7-8-16(24-2)15(11-14)19(21,22)23/h3-8,11,27H,9-10H2,1H3,(H,25,26). The molecular weight excluding hydrogens is 364 g/mol. The monoisotopic (exact) mass is 380 g/mol. The van der Waals surface area contributed by atoms with Gasteiger partial charge in [0.15, 0.2) is 5.69 Å². The van der Waals surface area contributed by atoms with Crippen LogP contribution in [0.4, 0.5) is 28.9 Å². The third-order valence-corrected chi connectivity index (χ3v) is 3.98. The molecule has 0 spiro atoms. The number of hydrogen-bond acceptors (Lipinski definition) is 2. The summed E-state index contributed by atoms with van der Waals surface area (Å²) in [4.78, 5) is 15.1. The van der Waals surface area contributed by atoms with Gasteiger partial charge in [0.05, 0.1) is 12.1 Å². The minimum absolute atomic E-state index is 0.0171. The van der Waals surface area contributed by atoms with Crippen LogP contribution in [0.5, 0.6) is 0 Å². The Labute approximate surface area is 153 Å². The minimum Gasteiger partial charge on any atom is -0.380 e. The zero-order chi connectivity index (χ0) is 20.2. The number of halogens is 4. The molecule has 0 saturated carbocycles. The third kappa shape index (κ3) is 5.28. The average molecular weight is 380 g/mol. The Morgan fingerprint density at radius 1 is 1.19 bits per heavy atom. The Balaban J connectivity index is 2.11. The molecule has 2 rings (SSSR count). The van der Waals surface area contributed by atoms with Crippen LogP contribution in [-0.4, -0.2) is 16.6 Å². The fraction of sp³-hybridized carbons (Fsp3) is 0.263. The maximum absolute atomic E-state index is 13.0. The molecule has 0 heterocycles. The van der Waals surface area contributed by atoms with Crippen molar-refractivity contribution in [3.63, 3.8) is 0 Å². The molecular formula is C19H16F4N2O2. The number of nitrogens with one attached hydrogen (secondary N) is 1. The Morgan fingerprint density at radius 2 is 1.81 bits per heavy atom. The molecule has 0 aliphatic carbocycles. The Kier molecular flexibility index (Phi) is 5.86. The van der Waals surface area contributed by atoms with Crippen molar-refractivity contribution >= 4 is 17.3 Å². The van der Waals surface area contributed by atoms with Crippen LogP contribution in [0.1, 0.15) is 24.5 Å². The van der Waals surface area contributed by atoms with Gasteiger partial charge in [-0.05, 0) is 49.6 Å². The van der Waals surface area contributed by atoms with Crippen molar-refractivity contribution in [2.75, 3.05) is 5.32 Å². The van der Waals surface area contributed by atoms with Crippen LogP contribution >= 0.6 is 0 Å². The van der Waals surface area contributed by atoms with Crippen LogP contribution in [0, 0.1) is 12.4 Å². The molecule has 2 aromatic rings. The summed E-state index contributed by atoms with van der Waals surface area (Å²) in [5, 5.41) is 12.6. The predicted octanol–water partition coefficient (Wildman–Crippen LogP) is 4.72. The molecule has 4 nitrogen and oxygen atoms in total. The summed E-state index contributed by atoms with van der Waals surface area (Å²) in [5.41, 5.74) is -3.08. The zero-order valence-electron chi connectivity index (χ0n) is 14.3. The number of rotatable bonds is 5. The van der Waals surface area contributed by atoms with Gasteiger partial charge in [-0.1, -0.05) is 18.2 Å². The molecule has 0 saturated heterocycles. The fourth-order valence-corrected chi connectivity index (χ4v) is 2.36. The lowest BCUT2D eigenvalue weighted by molar-refractivity contribution is -0.137. The van der Waals surface area contributed by atoms with Gasteiger partial charge in [-0.2, -0.15) is 13.2 Å². The number of aryl methyl sites for hydroxylation is 1. The van der Waals surface area contributed by atoms with Crippen LogP contribution in [-0.2, 0) is 17.4 Å². The number of hydrogen-bond donors (Lipinski definition) is 2. The topological polar surface area (TPSA) is 53.7 Å². The second-order valence-corrected chi connectivity index (χ2v) is 6.20. The van der Waals surface area contributed by atoms with Gasteiger partial charge in [-0.15, -0.1) is 0 Å². The average Bonchev–Trinajstić information content (AvgIpc) is 2.60. The zero-order valence-corrected chi connectivity index (χ0v) is 14.3. The highest BCUT2D eigenvalue weighted by atomic mass is 19.4. The van der Waals surface area contributed by atoms with Crippen molar-refractivity contribution < 1.29 is 27.5 Å². The van der Waals surface area contributed by atoms with Gasteiger partial charge in [0.2, 0.25) is 0 Å². The maximum Gasteiger partial charge on any atom is 0.407 e. The number of carbonyl (C=O) groups is 1. The molecule has 8 heteroatoms. The lowest BCUT2D eigenvalue weighted by atomic mass is 9.95. The lowest BCUT2D eigenvalue weighted by Crippen LogP contribution is -2.40. The SMILES string of the molecule is [C-]#[N+]c1ccc(NC(=O)C(C)(O)CCc2ccc(F)cc2)cc1C(F)(F)F. The molecule has 27 heavy (non-hydrogen) atoms. The molecule has 0 aliphatic heterocycles. The van der Waals surface area contributed by atoms with E-state index in [4.69, 9.17) is 6.57 Å². The van der Waals surface area contributed by atoms with Crippen molar-refractivity contribution in [1.82, 2.24) is 0 Å². The van der Waals surface area contributed by atoms with Gasteiger partial charge in [0.25, 0.3) is 5.91 Å². The first kappa shape index (κ1) is 20.4. The Bertz CT molecular complexity index is 869. The van der Waals surface area contributed by atoms with E-state index < -0.39 is 34.8 Å². The van der Waals surface area contributed by atoms with Gasteiger partial charge < -0.3 is 10.4 Å². The normalized spacial score (nSPS) is 13.5. The van der Waals surface area contributed by atoms with Gasteiger partial charge in [0.1, 0.15) is 11.4 Å². The van der Waals surface area contributed by atoms with E-state index in [1.807, 2.05) is 0 Å². The first-order valence-corrected chi connectivity index (χ1v) is 7.90. The van der Waals surface area contributed by atoms with Gasteiger partial charge in [-0.25, -0.2) is 9.24 Å². The lowest BCUT2D eigenvalue weighted by Gasteiger charge is -2.23. The van der Waals surface area contributed by atoms with E-state index in [0.29, 0.717) is 11.6 Å². The number of alkyl halides is 3. The van der Waals surface area contributed by atoms with E-state index in [1.165, 1.54) is 31.2 Å². The van der Waals surface area contributed by atoms with Gasteiger partial charge >= 0.3 is 6.18 Å². The minimum atomic E-state index is -4.74. The number of anilines is 1. The van der Waals surface area contributed by atoms with Gasteiger partial charge in [-0.3, -0.25) is 4.79 Å². The number of carbonyl (C=O) groups excluding carboxylic acids is 1. The Morgan fingerprint density at radius 3 is 2.37 bits per heavy atom. The fourth-order valence-electron chi connectivity index (χ4n) is 2.36. The first-order valence-electron chi connectivity index (χ1n) is 7.90. The molecule has 2 N–H and O–H groups in total. The van der Waals surface area contributed by atoms with E-state index in [0.717, 1.165) is 12.1 Å². The van der Waals surface area contributed by atoms with E-state index in [1.54, 1.807) is 0 Å². The highest BCUT2D eigenvalue weighted by Crippen LogP contribution is 2.38. The first-order chi connectivity index (χ1) is 12.5. The summed E-state index contributed by atoms with van der Waals surface area (Å²) >= 11 is 0. The smallest absolute Gasteiger partial charge is 0.380 e. The van der Waals surface area contributed by atoms with Crippen molar-refractivity contribution in [3.05, 3.63) is 70.8 Å². The summed E-state index contributed by atoms with van der Waals surface area (Å²) in [6, 6.07) is 8.31. The van der Waals surface area contributed by atoms with E-state index >= 15 is 0 Å². The van der Waals surface area contributed by atoms with Crippen molar-refractivity contribution in [1.29, 1.82) is 0 Å². The molecule has 0 fully saturated rings. The van der Waals surface area contributed by atoms with Crippen LogP contribution in [0.2, 0.25) is 0 Å². The molecule has 0 aromatic heterocycles. The number of aliphatic hydroxyl groups is 1. The summed E-state index contributed by atoms with van der Waals surface area (Å²) in [6.45, 7) is 8.04. The van der Waals surface area contributed by atoms with E-state index in [2.05, 4.69) is 10.2 Å². The Hall–Kier alpha value is -2.92. The molecule has 2 aromatic carbocycles. The van der Waals surface area contributed by atoms with Crippen LogP contribution < -0.4 is 5.32 Å². The highest BCUT2D eigenvalue weighted by molar-refractivity contribution is 5.97. The summed E-state index contributed by atoms with van der Waals surface area (Å²) in [5.74, 6) is -1.29. The van der Waals surface area contributed by atoms with Gasteiger partial charge in [0, 0.05) is 5.69 Å². The second kappa shape index (κ2) is 7.76. The molecule has 0 bridgehead atoms. The van der Waals surface area contributed by atoms with Crippen LogP contribution in [0.15, 0.2) is 42.5 Å². The van der Waals surface area contributed by atoms with Crippen LogP contribution in [0.25, 0.3) is 4.85 Å². The van der Waals surface area contributed by atoms with Crippen molar-refractivity contribution in [2.45, 2.75) is 31.5 Å². The molecule has 1 unspecified atom stereocenters. The molecule has 1 amide bonds. The predicted molar refractivity (Wildman–Crippen MR) is 91.7 cm³/mol. The van der Waals surface area contributed by atoms with E-state index in [9.17, 15) is 27.5 Å². The summed E-state index contributed by atoms with van der Waals surface area (Å²) in [6.07, 6.45) is -4.49. The maximum atomic E-state index is 13.0. The number of amides is 1. The summed E-state index contributed by atoms with van der Waals surface area (Å²) < 4.78 is 51.9. The van der Waals surface area contributed by atoms with Crippen LogP contribution in [0.3, 0.4) is 0 Å².